The van der Waals surface area contributed by atoms with E-state index in [1.54, 1.807) is 24.2 Å². The van der Waals surface area contributed by atoms with Gasteiger partial charge in [0.25, 0.3) is 0 Å². The second kappa shape index (κ2) is 15.5. The van der Waals surface area contributed by atoms with Gasteiger partial charge in [0.2, 0.25) is 0 Å². The summed E-state index contributed by atoms with van der Waals surface area (Å²) in [6.07, 6.45) is 11.0. The molecule has 2 aromatic carbocycles. The average Bonchev–Trinajstić information content (AvgIpc) is 3.39. The second-order valence-corrected chi connectivity index (χ2v) is 16.5. The van der Waals surface area contributed by atoms with Crippen LogP contribution in [0, 0.1) is 23.5 Å². The molecule has 0 heterocycles. The van der Waals surface area contributed by atoms with Crippen LogP contribution in [0.2, 0.25) is 0 Å². The van der Waals surface area contributed by atoms with E-state index in [1.165, 1.54) is 48.6 Å². The van der Waals surface area contributed by atoms with Crippen LogP contribution in [0.25, 0.3) is 11.1 Å². The molecule has 0 bridgehead atoms. The summed E-state index contributed by atoms with van der Waals surface area (Å²) in [4.78, 5) is 0. The van der Waals surface area contributed by atoms with Gasteiger partial charge >= 0.3 is 41.3 Å². The molecule has 2 aliphatic rings. The van der Waals surface area contributed by atoms with E-state index < -0.39 is 0 Å². The molecule has 214 valence electrons. The van der Waals surface area contributed by atoms with Crippen LogP contribution in [-0.2, 0) is 41.5 Å². The van der Waals surface area contributed by atoms with Gasteiger partial charge in [0.15, 0.2) is 0 Å². The molecule has 4 rings (SSSR count). The Morgan fingerprint density at radius 2 is 1.41 bits per heavy atom. The van der Waals surface area contributed by atoms with Crippen molar-refractivity contribution in [2.24, 2.45) is 11.3 Å². The van der Waals surface area contributed by atoms with E-state index in [0.717, 1.165) is 18.8 Å². The summed E-state index contributed by atoms with van der Waals surface area (Å²) < 4.78 is 1.51. The fourth-order valence-corrected chi connectivity index (χ4v) is 4.99. The van der Waals surface area contributed by atoms with Crippen molar-refractivity contribution in [1.82, 2.24) is 0 Å². The number of hydrogen-bond acceptors (Lipinski definition) is 0. The zero-order valence-electron chi connectivity index (χ0n) is 26.5. The molecule has 3 heteroatoms. The third kappa shape index (κ3) is 11.6. The summed E-state index contributed by atoms with van der Waals surface area (Å²) in [6, 6.07) is 15.1. The molecule has 0 fully saturated rings. The predicted octanol–water partition coefficient (Wildman–Crippen LogP) is 4.15. The van der Waals surface area contributed by atoms with Gasteiger partial charge in [-0.25, -0.2) is 6.08 Å². The molecular formula is C36H50Cl2Zr-2. The number of rotatable bonds is 3. The Morgan fingerprint density at radius 1 is 0.872 bits per heavy atom. The summed E-state index contributed by atoms with van der Waals surface area (Å²) in [5.41, 5.74) is 10.6. The zero-order valence-corrected chi connectivity index (χ0v) is 30.5. The fraction of sp³-hybridized carbons (Fsp3) is 0.528. The van der Waals surface area contributed by atoms with E-state index in [1.807, 2.05) is 0 Å². The van der Waals surface area contributed by atoms with Gasteiger partial charge in [-0.1, -0.05) is 116 Å². The minimum absolute atomic E-state index is 0. The molecule has 0 N–H and O–H groups in total. The van der Waals surface area contributed by atoms with Crippen molar-refractivity contribution >= 4 is 3.21 Å². The summed E-state index contributed by atoms with van der Waals surface area (Å²) in [5, 5.41) is 0. The summed E-state index contributed by atoms with van der Waals surface area (Å²) in [6.45, 7) is 27.1. The predicted molar refractivity (Wildman–Crippen MR) is 161 cm³/mol. The quantitative estimate of drug-likeness (QED) is 0.376. The molecule has 0 aromatic heterocycles. The van der Waals surface area contributed by atoms with Crippen molar-refractivity contribution in [3.05, 3.63) is 82.5 Å². The SMILES string of the molecule is CC(C)(C)c1c[c-]c2c(c1)-c1cc(C(C)(C)C)ccc1C2.CC(C)CC(C)(C)C1=CC[C-]=C1.C[C](C)=[Zr+2].[Cl-].[Cl-]. The van der Waals surface area contributed by atoms with Gasteiger partial charge in [0, 0.05) is 0 Å². The van der Waals surface area contributed by atoms with E-state index in [2.05, 4.69) is 138 Å². The van der Waals surface area contributed by atoms with E-state index in [-0.39, 0.29) is 35.6 Å². The molecule has 2 aliphatic carbocycles. The first-order valence-electron chi connectivity index (χ1n) is 13.9. The molecule has 0 unspecified atom stereocenters. The van der Waals surface area contributed by atoms with Gasteiger partial charge in [-0.3, -0.25) is 6.08 Å². The normalized spacial score (nSPS) is 13.6. The van der Waals surface area contributed by atoms with Crippen molar-refractivity contribution in [1.29, 1.82) is 0 Å². The van der Waals surface area contributed by atoms with Crippen LogP contribution >= 0.6 is 0 Å². The Morgan fingerprint density at radius 3 is 1.87 bits per heavy atom. The number of allylic oxidation sites excluding steroid dienone is 4. The van der Waals surface area contributed by atoms with Crippen molar-refractivity contribution in [2.45, 2.75) is 113 Å². The molecular weight excluding hydrogens is 595 g/mol. The first-order chi connectivity index (χ1) is 16.9. The Kier molecular flexibility index (Phi) is 15.2. The third-order valence-corrected chi connectivity index (χ3v) is 6.92. The fourth-order valence-electron chi connectivity index (χ4n) is 4.99. The summed E-state index contributed by atoms with van der Waals surface area (Å²) >= 11 is 1.55. The Hall–Kier alpha value is -0.747. The van der Waals surface area contributed by atoms with Gasteiger partial charge in [-0.05, 0) is 23.3 Å². The molecule has 39 heavy (non-hydrogen) atoms. The maximum atomic E-state index is 3.53. The first-order valence-corrected chi connectivity index (χ1v) is 15.1. The number of halogens is 2. The molecule has 0 saturated heterocycles. The molecule has 0 saturated carbocycles. The second-order valence-electron chi connectivity index (χ2n) is 14.0. The Bertz CT molecular complexity index is 1090. The molecule has 0 atom stereocenters. The van der Waals surface area contributed by atoms with E-state index >= 15 is 0 Å². The maximum absolute atomic E-state index is 3.53. The Balaban J connectivity index is 0.000000687. The van der Waals surface area contributed by atoms with Crippen LogP contribution in [-0.4, -0.2) is 3.21 Å². The van der Waals surface area contributed by atoms with Crippen LogP contribution in [0.5, 0.6) is 0 Å². The van der Waals surface area contributed by atoms with E-state index in [4.69, 9.17) is 0 Å². The summed E-state index contributed by atoms with van der Waals surface area (Å²) in [7, 11) is 0. The van der Waals surface area contributed by atoms with Gasteiger partial charge in [-0.15, -0.1) is 12.0 Å². The molecule has 0 aliphatic heterocycles. The number of fused-ring (bicyclic) bond motifs is 3. The van der Waals surface area contributed by atoms with Gasteiger partial charge in [0.1, 0.15) is 0 Å². The van der Waals surface area contributed by atoms with E-state index in [0.29, 0.717) is 5.41 Å². The molecule has 0 nitrogen and oxygen atoms in total. The zero-order chi connectivity index (χ0) is 28.2. The van der Waals surface area contributed by atoms with Crippen LogP contribution in [0.1, 0.15) is 118 Å². The maximum Gasteiger partial charge on any atom is -1.00 e. The molecule has 0 amide bonds. The molecule has 0 spiro atoms. The minimum atomic E-state index is 0. The largest absolute Gasteiger partial charge is 1.00 e. The van der Waals surface area contributed by atoms with Crippen molar-refractivity contribution in [3.63, 3.8) is 0 Å². The van der Waals surface area contributed by atoms with Crippen molar-refractivity contribution in [3.8, 4) is 11.1 Å². The number of hydrogen-bond donors (Lipinski definition) is 0. The molecule has 2 aromatic rings. The Labute approximate surface area is 268 Å². The topological polar surface area (TPSA) is 0 Å². The van der Waals surface area contributed by atoms with Crippen LogP contribution in [0.3, 0.4) is 0 Å². The monoisotopic (exact) mass is 642 g/mol. The van der Waals surface area contributed by atoms with Crippen molar-refractivity contribution in [2.75, 3.05) is 0 Å². The van der Waals surface area contributed by atoms with Gasteiger partial charge < -0.3 is 24.8 Å². The van der Waals surface area contributed by atoms with Crippen LogP contribution in [0.15, 0.2) is 48.1 Å². The third-order valence-electron chi connectivity index (χ3n) is 6.92. The van der Waals surface area contributed by atoms with Crippen molar-refractivity contribution < 1.29 is 49.0 Å². The van der Waals surface area contributed by atoms with Gasteiger partial charge in [0.05, 0.1) is 0 Å². The summed E-state index contributed by atoms with van der Waals surface area (Å²) in [5.74, 6) is 0.773. The minimum Gasteiger partial charge on any atom is -1.00 e. The van der Waals surface area contributed by atoms with Crippen LogP contribution in [0.4, 0.5) is 0 Å². The van der Waals surface area contributed by atoms with Gasteiger partial charge in [-0.2, -0.15) is 41.0 Å². The number of benzene rings is 2. The average molecular weight is 645 g/mol. The smallest absolute Gasteiger partial charge is 1.00 e. The molecule has 0 radical (unpaired) electrons. The first kappa shape index (κ1) is 38.3. The van der Waals surface area contributed by atoms with E-state index in [9.17, 15) is 0 Å². The standard InChI is InChI=1S/C21H25.C12H19.C3H6.2ClH.Zr/c1-20(2,3)16-9-7-14-11-15-8-10-17(21(4,5)6)13-19(15)18(14)12-16;1-10(2)9-12(3,4)11-7-5-6-8-11;1-3-2;;;/h7,9-10,12-13H,11H2,1-6H3;7-8,10H,5,9H2,1-4H3;1-2H3;2*1H;/q2*-1;;;;+2/p-2. The van der Waals surface area contributed by atoms with Crippen LogP contribution < -0.4 is 24.8 Å².